The number of aryl methyl sites for hydroxylation is 1. The molecule has 1 aromatic rings. The molecule has 1 fully saturated rings. The lowest BCUT2D eigenvalue weighted by atomic mass is 9.86. The molecule has 5 heteroatoms. The van der Waals surface area contributed by atoms with Gasteiger partial charge in [-0.05, 0) is 37.0 Å². The van der Waals surface area contributed by atoms with E-state index in [0.29, 0.717) is 0 Å². The zero-order chi connectivity index (χ0) is 14.6. The Labute approximate surface area is 126 Å². The summed E-state index contributed by atoms with van der Waals surface area (Å²) >= 11 is 3.38. The van der Waals surface area contributed by atoms with Gasteiger partial charge in [0.2, 0.25) is 11.8 Å². The van der Waals surface area contributed by atoms with Crippen molar-refractivity contribution in [3.05, 3.63) is 29.8 Å². The first-order valence-electron chi connectivity index (χ1n) is 6.84. The van der Waals surface area contributed by atoms with Gasteiger partial charge in [-0.1, -0.05) is 28.1 Å². The van der Waals surface area contributed by atoms with Crippen LogP contribution in [0.1, 0.15) is 31.2 Å². The minimum absolute atomic E-state index is 0.145. The molecular weight excluding hydrogens is 328 g/mol. The molecule has 1 amide bonds. The van der Waals surface area contributed by atoms with Gasteiger partial charge < -0.3 is 5.32 Å². The van der Waals surface area contributed by atoms with Crippen molar-refractivity contribution in [2.75, 3.05) is 10.6 Å². The quantitative estimate of drug-likeness (QED) is 0.805. The molecule has 0 spiro atoms. The van der Waals surface area contributed by atoms with Crippen LogP contribution in [0.4, 0.5) is 14.5 Å². The van der Waals surface area contributed by atoms with Gasteiger partial charge in [0, 0.05) is 29.8 Å². The van der Waals surface area contributed by atoms with Gasteiger partial charge in [-0.15, -0.1) is 0 Å². The third-order valence-corrected chi connectivity index (χ3v) is 4.09. The topological polar surface area (TPSA) is 29.1 Å². The zero-order valence-corrected chi connectivity index (χ0v) is 12.8. The summed E-state index contributed by atoms with van der Waals surface area (Å²) in [6.45, 7) is 0. The average Bonchev–Trinajstić information content (AvgIpc) is 2.41. The number of amides is 1. The second-order valence-electron chi connectivity index (χ2n) is 5.26. The van der Waals surface area contributed by atoms with Crippen LogP contribution in [0, 0.1) is 5.92 Å². The maximum atomic E-state index is 13.0. The van der Waals surface area contributed by atoms with Crippen LogP contribution < -0.4 is 5.32 Å². The lowest BCUT2D eigenvalue weighted by Crippen LogP contribution is -2.31. The third-order valence-electron chi connectivity index (χ3n) is 3.69. The van der Waals surface area contributed by atoms with Crippen LogP contribution in [0.3, 0.4) is 0 Å². The zero-order valence-electron chi connectivity index (χ0n) is 11.2. The molecule has 1 aromatic carbocycles. The first-order chi connectivity index (χ1) is 9.50. The lowest BCUT2D eigenvalue weighted by molar-refractivity contribution is -0.124. The van der Waals surface area contributed by atoms with E-state index >= 15 is 0 Å². The van der Waals surface area contributed by atoms with Crippen molar-refractivity contribution in [3.8, 4) is 0 Å². The average molecular weight is 346 g/mol. The largest absolute Gasteiger partial charge is 0.326 e. The second-order valence-corrected chi connectivity index (χ2v) is 6.05. The molecule has 1 aliphatic rings. The smallest absolute Gasteiger partial charge is 0.248 e. The highest BCUT2D eigenvalue weighted by atomic mass is 79.9. The summed E-state index contributed by atoms with van der Waals surface area (Å²) in [5.41, 5.74) is 1.92. The molecule has 2 rings (SSSR count). The molecule has 0 unspecified atom stereocenters. The van der Waals surface area contributed by atoms with E-state index in [-0.39, 0.29) is 37.5 Å². The Balaban J connectivity index is 1.88. The predicted molar refractivity (Wildman–Crippen MR) is 79.5 cm³/mol. The molecular formula is C15H18BrF2NO. The van der Waals surface area contributed by atoms with Crippen LogP contribution in [-0.2, 0) is 11.2 Å². The van der Waals surface area contributed by atoms with Crippen LogP contribution in [0.2, 0.25) is 0 Å². The van der Waals surface area contributed by atoms with Gasteiger partial charge >= 0.3 is 0 Å². The summed E-state index contributed by atoms with van der Waals surface area (Å²) in [5, 5.41) is 3.71. The van der Waals surface area contributed by atoms with Crippen molar-refractivity contribution in [3.63, 3.8) is 0 Å². The molecule has 0 bridgehead atoms. The third kappa shape index (κ3) is 4.27. The Morgan fingerprint density at radius 1 is 1.25 bits per heavy atom. The van der Waals surface area contributed by atoms with E-state index < -0.39 is 5.92 Å². The summed E-state index contributed by atoms with van der Waals surface area (Å²) in [5.74, 6) is -3.03. The monoisotopic (exact) mass is 345 g/mol. The van der Waals surface area contributed by atoms with Crippen LogP contribution in [0.5, 0.6) is 0 Å². The van der Waals surface area contributed by atoms with Crippen molar-refractivity contribution in [1.29, 1.82) is 0 Å². The minimum atomic E-state index is -2.59. The highest BCUT2D eigenvalue weighted by Gasteiger charge is 2.37. The summed E-state index contributed by atoms with van der Waals surface area (Å²) in [4.78, 5) is 12.0. The first-order valence-corrected chi connectivity index (χ1v) is 7.96. The maximum Gasteiger partial charge on any atom is 0.248 e. The maximum absolute atomic E-state index is 13.0. The Kier molecular flexibility index (Phi) is 5.13. The van der Waals surface area contributed by atoms with Crippen LogP contribution in [-0.4, -0.2) is 17.2 Å². The van der Waals surface area contributed by atoms with Gasteiger partial charge in [0.25, 0.3) is 0 Å². The Morgan fingerprint density at radius 3 is 2.40 bits per heavy atom. The van der Waals surface area contributed by atoms with Crippen molar-refractivity contribution in [2.45, 2.75) is 38.0 Å². The van der Waals surface area contributed by atoms with E-state index in [1.54, 1.807) is 0 Å². The fourth-order valence-corrected chi connectivity index (χ4v) is 2.87. The van der Waals surface area contributed by atoms with Gasteiger partial charge in [-0.2, -0.15) is 0 Å². The number of alkyl halides is 3. The van der Waals surface area contributed by atoms with Crippen LogP contribution >= 0.6 is 15.9 Å². The van der Waals surface area contributed by atoms with Gasteiger partial charge in [0.1, 0.15) is 0 Å². The standard InChI is InChI=1S/C15H18BrF2NO/c16-10-7-11-1-3-13(4-2-11)19-14(20)12-5-8-15(17,18)9-6-12/h1-4,12H,5-10H2,(H,19,20). The van der Waals surface area contributed by atoms with Crippen LogP contribution in [0.15, 0.2) is 24.3 Å². The number of nitrogens with one attached hydrogen (secondary N) is 1. The fraction of sp³-hybridized carbons (Fsp3) is 0.533. The SMILES string of the molecule is O=C(Nc1ccc(CCBr)cc1)C1CCC(F)(F)CC1. The van der Waals surface area contributed by atoms with Gasteiger partial charge in [-0.25, -0.2) is 8.78 Å². The molecule has 20 heavy (non-hydrogen) atoms. The van der Waals surface area contributed by atoms with Crippen molar-refractivity contribution >= 4 is 27.5 Å². The molecule has 0 aromatic heterocycles. The number of carbonyl (C=O) groups excluding carboxylic acids is 1. The summed E-state index contributed by atoms with van der Waals surface area (Å²) < 4.78 is 26.1. The first kappa shape index (κ1) is 15.4. The number of carbonyl (C=O) groups is 1. The van der Waals surface area contributed by atoms with E-state index in [4.69, 9.17) is 0 Å². The normalized spacial score (nSPS) is 18.8. The second kappa shape index (κ2) is 6.66. The molecule has 110 valence electrons. The van der Waals surface area contributed by atoms with Gasteiger partial charge in [-0.3, -0.25) is 4.79 Å². The molecule has 1 N–H and O–H groups in total. The molecule has 0 radical (unpaired) electrons. The number of halogens is 3. The molecule has 0 aliphatic heterocycles. The summed E-state index contributed by atoms with van der Waals surface area (Å²) in [6.07, 6.45) is 1.09. The highest BCUT2D eigenvalue weighted by molar-refractivity contribution is 9.09. The predicted octanol–water partition coefficient (Wildman–Crippen LogP) is 4.39. The molecule has 0 atom stereocenters. The number of rotatable bonds is 4. The molecule has 0 saturated heterocycles. The summed E-state index contributed by atoms with van der Waals surface area (Å²) in [6, 6.07) is 7.64. The van der Waals surface area contributed by atoms with E-state index in [1.807, 2.05) is 24.3 Å². The molecule has 1 aliphatic carbocycles. The van der Waals surface area contributed by atoms with Crippen molar-refractivity contribution < 1.29 is 13.6 Å². The molecule has 0 heterocycles. The molecule has 1 saturated carbocycles. The minimum Gasteiger partial charge on any atom is -0.326 e. The van der Waals surface area contributed by atoms with Gasteiger partial charge in [0.15, 0.2) is 0 Å². The Morgan fingerprint density at radius 2 is 1.85 bits per heavy atom. The van der Waals surface area contributed by atoms with E-state index in [1.165, 1.54) is 5.56 Å². The van der Waals surface area contributed by atoms with E-state index in [9.17, 15) is 13.6 Å². The van der Waals surface area contributed by atoms with E-state index in [2.05, 4.69) is 21.2 Å². The van der Waals surface area contributed by atoms with E-state index in [0.717, 1.165) is 17.4 Å². The Bertz CT molecular complexity index is 451. The van der Waals surface area contributed by atoms with Crippen molar-refractivity contribution in [2.24, 2.45) is 5.92 Å². The Hall–Kier alpha value is -0.970. The molecule has 2 nitrogen and oxygen atoms in total. The number of benzene rings is 1. The summed E-state index contributed by atoms with van der Waals surface area (Å²) in [7, 11) is 0. The number of hydrogen-bond donors (Lipinski definition) is 1. The number of anilines is 1. The van der Waals surface area contributed by atoms with Crippen molar-refractivity contribution in [1.82, 2.24) is 0 Å². The highest BCUT2D eigenvalue weighted by Crippen LogP contribution is 2.36. The number of hydrogen-bond acceptors (Lipinski definition) is 1. The van der Waals surface area contributed by atoms with Gasteiger partial charge in [0.05, 0.1) is 0 Å². The van der Waals surface area contributed by atoms with Crippen LogP contribution in [0.25, 0.3) is 0 Å². The fourth-order valence-electron chi connectivity index (χ4n) is 2.41. The lowest BCUT2D eigenvalue weighted by Gasteiger charge is -2.27.